The first-order valence-electron chi connectivity index (χ1n) is 22.3. The number of nitrogens with zero attached hydrogens (tertiary/aromatic N) is 2. The summed E-state index contributed by atoms with van der Waals surface area (Å²) in [6, 6.07) is 79.2. The molecule has 0 saturated heterocycles. The van der Waals surface area contributed by atoms with Crippen LogP contribution in [0.3, 0.4) is 0 Å². The van der Waals surface area contributed by atoms with Crippen molar-refractivity contribution < 1.29 is 0 Å². The van der Waals surface area contributed by atoms with Crippen LogP contribution in [0.2, 0.25) is 0 Å². The van der Waals surface area contributed by atoms with Gasteiger partial charge in [0.05, 0.1) is 27.8 Å². The van der Waals surface area contributed by atoms with Crippen molar-refractivity contribution in [3.63, 3.8) is 0 Å². The van der Waals surface area contributed by atoms with Crippen molar-refractivity contribution in [1.82, 2.24) is 4.57 Å². The van der Waals surface area contributed by atoms with E-state index in [2.05, 4.69) is 240 Å². The van der Waals surface area contributed by atoms with Crippen molar-refractivity contribution in [3.05, 3.63) is 264 Å². The van der Waals surface area contributed by atoms with Crippen molar-refractivity contribution in [1.29, 1.82) is 0 Å². The maximum absolute atomic E-state index is 2.52. The Bertz CT molecular complexity index is 3600. The Morgan fingerprint density at radius 1 is 0.484 bits per heavy atom. The van der Waals surface area contributed by atoms with Gasteiger partial charge in [0.2, 0.25) is 0 Å². The van der Waals surface area contributed by atoms with E-state index in [1.54, 1.807) is 0 Å². The van der Waals surface area contributed by atoms with Gasteiger partial charge in [-0.3, -0.25) is 0 Å². The van der Waals surface area contributed by atoms with Crippen LogP contribution in [0.25, 0.3) is 55.3 Å². The quantitative estimate of drug-likeness (QED) is 0.171. The lowest BCUT2D eigenvalue weighted by Crippen LogP contribution is -2.33. The summed E-state index contributed by atoms with van der Waals surface area (Å²) in [7, 11) is 0. The smallest absolute Gasteiger partial charge is 0.0755 e. The molecule has 0 bridgehead atoms. The van der Waals surface area contributed by atoms with Crippen LogP contribution in [0.1, 0.15) is 39.3 Å². The van der Waals surface area contributed by atoms with Crippen LogP contribution >= 0.6 is 11.8 Å². The molecule has 9 aromatic carbocycles. The molecule has 3 atom stereocenters. The van der Waals surface area contributed by atoms with Gasteiger partial charge in [-0.25, -0.2) is 0 Å². The van der Waals surface area contributed by atoms with Gasteiger partial charge in [0, 0.05) is 43.8 Å². The van der Waals surface area contributed by atoms with Crippen molar-refractivity contribution in [2.45, 2.75) is 21.5 Å². The van der Waals surface area contributed by atoms with Gasteiger partial charge in [-0.1, -0.05) is 182 Å². The SMILES string of the molecule is C1=CC2Sc3ccccc3C2C=C1c1ccc(N(c2ccc(-c3ccccc3)cc2)c2cccc3c2-c2ccccc2C32c3ccccc3-n3c4ccccc4c4cccc2c43)cc1. The molecule has 3 heteroatoms. The van der Waals surface area contributed by atoms with Gasteiger partial charge in [-0.05, 0) is 104 Å². The van der Waals surface area contributed by atoms with Crippen LogP contribution in [0.15, 0.2) is 235 Å². The minimum atomic E-state index is -0.538. The zero-order valence-electron chi connectivity index (χ0n) is 34.9. The number of allylic oxidation sites excluding steroid dienone is 3. The monoisotopic (exact) mass is 832 g/mol. The molecule has 1 aromatic heterocycles. The number of anilines is 3. The molecule has 3 unspecified atom stereocenters. The average Bonchev–Trinajstić information content (AvgIpc) is 4.01. The number of hydrogen-bond acceptors (Lipinski definition) is 2. The van der Waals surface area contributed by atoms with E-state index in [1.807, 2.05) is 11.8 Å². The van der Waals surface area contributed by atoms with Crippen molar-refractivity contribution in [2.75, 3.05) is 4.90 Å². The third-order valence-electron chi connectivity index (χ3n) is 14.3. The number of thioether (sulfide) groups is 1. The van der Waals surface area contributed by atoms with Gasteiger partial charge in [0.15, 0.2) is 0 Å². The van der Waals surface area contributed by atoms with Crippen molar-refractivity contribution in [2.24, 2.45) is 0 Å². The van der Waals surface area contributed by atoms with E-state index in [0.29, 0.717) is 11.2 Å². The first-order chi connectivity index (χ1) is 31.8. The van der Waals surface area contributed by atoms with Crippen LogP contribution in [-0.2, 0) is 5.41 Å². The predicted molar refractivity (Wildman–Crippen MR) is 268 cm³/mol. The molecule has 4 aliphatic rings. The summed E-state index contributed by atoms with van der Waals surface area (Å²) < 4.78 is 2.52. The Labute approximate surface area is 377 Å². The van der Waals surface area contributed by atoms with Crippen LogP contribution in [0, 0.1) is 0 Å². The van der Waals surface area contributed by atoms with E-state index in [4.69, 9.17) is 0 Å². The largest absolute Gasteiger partial charge is 0.310 e. The van der Waals surface area contributed by atoms with E-state index >= 15 is 0 Å². The molecule has 2 aliphatic carbocycles. The number of rotatable bonds is 5. The number of benzene rings is 9. The summed E-state index contributed by atoms with van der Waals surface area (Å²) in [6.07, 6.45) is 7.22. The topological polar surface area (TPSA) is 8.17 Å². The van der Waals surface area contributed by atoms with E-state index < -0.39 is 5.41 Å². The lowest BCUT2D eigenvalue weighted by atomic mass is 9.65. The molecule has 300 valence electrons. The summed E-state index contributed by atoms with van der Waals surface area (Å²) in [4.78, 5) is 3.89. The van der Waals surface area contributed by atoms with Crippen molar-refractivity contribution in [3.8, 4) is 27.9 Å². The number of fused-ring (bicyclic) bond motifs is 15. The van der Waals surface area contributed by atoms with Gasteiger partial charge in [0.1, 0.15) is 0 Å². The molecule has 2 nitrogen and oxygen atoms in total. The molecule has 2 aliphatic heterocycles. The summed E-state index contributed by atoms with van der Waals surface area (Å²) in [5, 5.41) is 3.03. The highest BCUT2D eigenvalue weighted by molar-refractivity contribution is 8.00. The van der Waals surface area contributed by atoms with Gasteiger partial charge in [0.25, 0.3) is 0 Å². The number of hydrogen-bond donors (Lipinski definition) is 0. The summed E-state index contributed by atoms with van der Waals surface area (Å²) in [6.45, 7) is 0. The molecule has 1 spiro atoms. The molecule has 0 amide bonds. The molecule has 64 heavy (non-hydrogen) atoms. The molecule has 3 heterocycles. The third-order valence-corrected chi connectivity index (χ3v) is 15.7. The highest BCUT2D eigenvalue weighted by atomic mass is 32.2. The average molecular weight is 833 g/mol. The predicted octanol–water partition coefficient (Wildman–Crippen LogP) is 15.8. The first-order valence-corrected chi connectivity index (χ1v) is 23.2. The minimum absolute atomic E-state index is 0.386. The van der Waals surface area contributed by atoms with Gasteiger partial charge >= 0.3 is 0 Å². The maximum Gasteiger partial charge on any atom is 0.0755 e. The molecular formula is C61H40N2S. The standard InChI is InChI=1S/C61H40N2S/c1-2-14-39(15-3-1)40-28-33-43(34-29-40)62(44-35-30-41(31-36-44)42-32-37-58-49(38-42)46-17-6-11-27-57(46)64-58)56-26-13-22-52-59(56)48-18-4-7-20-50(48)61(52)51-21-8-10-25-55(51)63-54-24-9-5-16-45(54)47-19-12-23-53(61)60(47)63/h1-38,49,58H. The van der Waals surface area contributed by atoms with E-state index in [9.17, 15) is 0 Å². The highest BCUT2D eigenvalue weighted by Crippen LogP contribution is 2.63. The van der Waals surface area contributed by atoms with E-state index in [0.717, 1.165) is 17.1 Å². The zero-order chi connectivity index (χ0) is 41.9. The van der Waals surface area contributed by atoms with Gasteiger partial charge in [-0.15, -0.1) is 11.8 Å². The number of para-hydroxylation sites is 3. The van der Waals surface area contributed by atoms with Crippen LogP contribution in [-0.4, -0.2) is 9.82 Å². The Morgan fingerprint density at radius 3 is 1.98 bits per heavy atom. The fraction of sp³-hybridized carbons (Fsp3) is 0.0492. The molecule has 0 saturated carbocycles. The normalized spacial score (nSPS) is 18.3. The second kappa shape index (κ2) is 13.7. The third kappa shape index (κ3) is 4.93. The van der Waals surface area contributed by atoms with Crippen molar-refractivity contribution >= 4 is 56.2 Å². The second-order valence-corrected chi connectivity index (χ2v) is 18.7. The Hall–Kier alpha value is -7.59. The molecule has 0 fully saturated rings. The van der Waals surface area contributed by atoms with E-state index in [-0.39, 0.29) is 0 Å². The van der Waals surface area contributed by atoms with Crippen LogP contribution < -0.4 is 4.90 Å². The van der Waals surface area contributed by atoms with Gasteiger partial charge < -0.3 is 9.47 Å². The summed E-state index contributed by atoms with van der Waals surface area (Å²) >= 11 is 1.98. The van der Waals surface area contributed by atoms with E-state index in [1.165, 1.54) is 93.6 Å². The molecular weight excluding hydrogens is 793 g/mol. The minimum Gasteiger partial charge on any atom is -0.310 e. The first kappa shape index (κ1) is 35.9. The second-order valence-electron chi connectivity index (χ2n) is 17.5. The molecule has 0 N–H and O–H groups in total. The lowest BCUT2D eigenvalue weighted by Gasteiger charge is -2.39. The maximum atomic E-state index is 2.52. The number of aromatic nitrogens is 1. The van der Waals surface area contributed by atoms with Crippen LogP contribution in [0.4, 0.5) is 17.1 Å². The molecule has 10 aromatic rings. The summed E-state index contributed by atoms with van der Waals surface area (Å²) in [5.74, 6) is 0.386. The molecule has 14 rings (SSSR count). The Morgan fingerprint density at radius 2 is 1.12 bits per heavy atom. The Kier molecular flexibility index (Phi) is 7.70. The fourth-order valence-electron chi connectivity index (χ4n) is 11.7. The summed E-state index contributed by atoms with van der Waals surface area (Å²) in [5.41, 5.74) is 20.8. The fourth-order valence-corrected chi connectivity index (χ4v) is 13.0. The lowest BCUT2D eigenvalue weighted by molar-refractivity contribution is 0.748. The molecule has 0 radical (unpaired) electrons. The van der Waals surface area contributed by atoms with Gasteiger partial charge in [-0.2, -0.15) is 0 Å². The Balaban J connectivity index is 0.985. The van der Waals surface area contributed by atoms with Crippen LogP contribution in [0.5, 0.6) is 0 Å². The highest BCUT2D eigenvalue weighted by Gasteiger charge is 2.51. The zero-order valence-corrected chi connectivity index (χ0v) is 35.7.